The molecular weight excluding hydrogens is 240 g/mol. The van der Waals surface area contributed by atoms with E-state index in [0.717, 1.165) is 31.4 Å². The predicted molar refractivity (Wildman–Crippen MR) is 71.2 cm³/mol. The summed E-state index contributed by atoms with van der Waals surface area (Å²) in [6.07, 6.45) is 2.97. The molecule has 1 fully saturated rings. The molecule has 1 saturated heterocycles. The highest BCUT2D eigenvalue weighted by Crippen LogP contribution is 2.21. The lowest BCUT2D eigenvalue weighted by Gasteiger charge is -2.33. The fraction of sp³-hybridized carbons (Fsp3) is 0.467. The summed E-state index contributed by atoms with van der Waals surface area (Å²) in [6, 6.07) is 9.56. The molecule has 1 aromatic rings. The van der Waals surface area contributed by atoms with Crippen LogP contribution >= 0.6 is 0 Å². The number of esters is 1. The number of carbonyl (C=O) groups excluding carboxylic acids is 1. The zero-order valence-electron chi connectivity index (χ0n) is 11.1. The number of ether oxygens (including phenoxy) is 1. The summed E-state index contributed by atoms with van der Waals surface area (Å²) < 4.78 is 4.87. The number of rotatable bonds is 3. The highest BCUT2D eigenvalue weighted by molar-refractivity contribution is 5.75. The van der Waals surface area contributed by atoms with Crippen molar-refractivity contribution in [1.82, 2.24) is 4.90 Å². The van der Waals surface area contributed by atoms with Gasteiger partial charge in [-0.3, -0.25) is 9.69 Å². The van der Waals surface area contributed by atoms with Gasteiger partial charge in [0.15, 0.2) is 0 Å². The van der Waals surface area contributed by atoms with Gasteiger partial charge < -0.3 is 4.74 Å². The molecule has 1 aliphatic heterocycles. The van der Waals surface area contributed by atoms with Crippen molar-refractivity contribution in [2.45, 2.75) is 31.8 Å². The van der Waals surface area contributed by atoms with Gasteiger partial charge in [-0.2, -0.15) is 5.26 Å². The number of piperidine rings is 1. The molecule has 0 radical (unpaired) electrons. The summed E-state index contributed by atoms with van der Waals surface area (Å²) in [5.41, 5.74) is 1.65. The van der Waals surface area contributed by atoms with E-state index in [4.69, 9.17) is 10.00 Å². The molecule has 2 rings (SSSR count). The molecule has 0 aliphatic carbocycles. The van der Waals surface area contributed by atoms with Gasteiger partial charge in [0.2, 0.25) is 0 Å². The van der Waals surface area contributed by atoms with Gasteiger partial charge in [0.1, 0.15) is 6.04 Å². The van der Waals surface area contributed by atoms with Gasteiger partial charge in [-0.25, -0.2) is 0 Å². The Morgan fingerprint density at radius 1 is 1.47 bits per heavy atom. The van der Waals surface area contributed by atoms with Crippen molar-refractivity contribution in [3.8, 4) is 6.07 Å². The van der Waals surface area contributed by atoms with Crippen LogP contribution in [-0.2, 0) is 16.1 Å². The number of hydrogen-bond acceptors (Lipinski definition) is 4. The molecule has 1 aromatic carbocycles. The van der Waals surface area contributed by atoms with Gasteiger partial charge in [-0.05, 0) is 31.0 Å². The molecule has 4 heteroatoms. The van der Waals surface area contributed by atoms with Crippen LogP contribution in [0.5, 0.6) is 0 Å². The molecule has 0 amide bonds. The van der Waals surface area contributed by atoms with Crippen LogP contribution in [0.4, 0.5) is 0 Å². The van der Waals surface area contributed by atoms with Crippen LogP contribution in [0.2, 0.25) is 0 Å². The summed E-state index contributed by atoms with van der Waals surface area (Å²) in [4.78, 5) is 13.9. The quantitative estimate of drug-likeness (QED) is 0.779. The van der Waals surface area contributed by atoms with Crippen molar-refractivity contribution in [3.63, 3.8) is 0 Å². The van der Waals surface area contributed by atoms with E-state index in [-0.39, 0.29) is 12.0 Å². The van der Waals surface area contributed by atoms with Crippen molar-refractivity contribution in [2.75, 3.05) is 13.7 Å². The van der Waals surface area contributed by atoms with Crippen LogP contribution in [0.25, 0.3) is 0 Å². The van der Waals surface area contributed by atoms with E-state index in [1.54, 1.807) is 0 Å². The zero-order valence-corrected chi connectivity index (χ0v) is 11.1. The van der Waals surface area contributed by atoms with Crippen LogP contribution in [0.1, 0.15) is 30.4 Å². The first-order chi connectivity index (χ1) is 9.26. The predicted octanol–water partition coefficient (Wildman–Crippen LogP) is 2.09. The zero-order chi connectivity index (χ0) is 13.7. The maximum Gasteiger partial charge on any atom is 0.323 e. The van der Waals surface area contributed by atoms with Crippen LogP contribution in [0, 0.1) is 11.3 Å². The average molecular weight is 258 g/mol. The van der Waals surface area contributed by atoms with E-state index < -0.39 is 0 Å². The fourth-order valence-electron chi connectivity index (χ4n) is 2.57. The second-order valence-electron chi connectivity index (χ2n) is 4.77. The average Bonchev–Trinajstić information content (AvgIpc) is 2.47. The van der Waals surface area contributed by atoms with Crippen LogP contribution in [0.15, 0.2) is 24.3 Å². The molecule has 0 bridgehead atoms. The van der Waals surface area contributed by atoms with Crippen molar-refractivity contribution >= 4 is 5.97 Å². The minimum absolute atomic E-state index is 0.172. The second-order valence-corrected chi connectivity index (χ2v) is 4.77. The SMILES string of the molecule is COC(=O)C1CCCCN1Cc1ccccc1C#N. The summed E-state index contributed by atoms with van der Waals surface area (Å²) in [7, 11) is 1.43. The molecule has 1 aliphatic rings. The van der Waals surface area contributed by atoms with Crippen molar-refractivity contribution in [2.24, 2.45) is 0 Å². The molecule has 1 atom stereocenters. The van der Waals surface area contributed by atoms with Crippen LogP contribution < -0.4 is 0 Å². The van der Waals surface area contributed by atoms with E-state index in [1.807, 2.05) is 24.3 Å². The Morgan fingerprint density at radius 3 is 3.00 bits per heavy atom. The Hall–Kier alpha value is -1.86. The number of nitriles is 1. The molecule has 19 heavy (non-hydrogen) atoms. The summed E-state index contributed by atoms with van der Waals surface area (Å²) in [5.74, 6) is -0.172. The van der Waals surface area contributed by atoms with Crippen molar-refractivity contribution in [3.05, 3.63) is 35.4 Å². The van der Waals surface area contributed by atoms with Gasteiger partial charge in [-0.1, -0.05) is 24.6 Å². The molecule has 1 unspecified atom stereocenters. The molecule has 4 nitrogen and oxygen atoms in total. The molecular formula is C15H18N2O2. The number of likely N-dealkylation sites (tertiary alicyclic amines) is 1. The van der Waals surface area contributed by atoms with E-state index in [1.165, 1.54) is 7.11 Å². The summed E-state index contributed by atoms with van der Waals surface area (Å²) >= 11 is 0. The monoisotopic (exact) mass is 258 g/mol. The third-order valence-electron chi connectivity index (χ3n) is 3.60. The normalized spacial score (nSPS) is 19.7. The lowest BCUT2D eigenvalue weighted by atomic mass is 10.00. The largest absolute Gasteiger partial charge is 0.468 e. The Labute approximate surface area is 113 Å². The topological polar surface area (TPSA) is 53.3 Å². The Kier molecular flexibility index (Phi) is 4.53. The fourth-order valence-corrected chi connectivity index (χ4v) is 2.57. The number of carbonyl (C=O) groups is 1. The molecule has 0 spiro atoms. The van der Waals surface area contributed by atoms with Gasteiger partial charge in [-0.15, -0.1) is 0 Å². The van der Waals surface area contributed by atoms with Crippen molar-refractivity contribution < 1.29 is 9.53 Å². The first-order valence-electron chi connectivity index (χ1n) is 6.56. The van der Waals surface area contributed by atoms with Gasteiger partial charge in [0, 0.05) is 6.54 Å². The third kappa shape index (κ3) is 3.12. The van der Waals surface area contributed by atoms with Gasteiger partial charge >= 0.3 is 5.97 Å². The molecule has 0 N–H and O–H groups in total. The first kappa shape index (κ1) is 13.6. The van der Waals surface area contributed by atoms with Crippen molar-refractivity contribution in [1.29, 1.82) is 5.26 Å². The maximum absolute atomic E-state index is 11.8. The lowest BCUT2D eigenvalue weighted by molar-refractivity contribution is -0.148. The smallest absolute Gasteiger partial charge is 0.323 e. The lowest BCUT2D eigenvalue weighted by Crippen LogP contribution is -2.44. The molecule has 100 valence electrons. The second kappa shape index (κ2) is 6.35. The number of nitrogens with zero attached hydrogens (tertiary/aromatic N) is 2. The van der Waals surface area contributed by atoms with Gasteiger partial charge in [0.05, 0.1) is 18.7 Å². The Balaban J connectivity index is 2.16. The van der Waals surface area contributed by atoms with Crippen LogP contribution in [-0.4, -0.2) is 30.6 Å². The van der Waals surface area contributed by atoms with E-state index in [9.17, 15) is 4.79 Å². The van der Waals surface area contributed by atoms with Gasteiger partial charge in [0.25, 0.3) is 0 Å². The van der Waals surface area contributed by atoms with E-state index in [0.29, 0.717) is 12.1 Å². The van der Waals surface area contributed by atoms with E-state index in [2.05, 4.69) is 11.0 Å². The first-order valence-corrected chi connectivity index (χ1v) is 6.56. The minimum atomic E-state index is -0.175. The maximum atomic E-state index is 11.8. The van der Waals surface area contributed by atoms with Crippen LogP contribution in [0.3, 0.4) is 0 Å². The Morgan fingerprint density at radius 2 is 2.26 bits per heavy atom. The molecule has 0 aromatic heterocycles. The number of benzene rings is 1. The highest BCUT2D eigenvalue weighted by atomic mass is 16.5. The summed E-state index contributed by atoms with van der Waals surface area (Å²) in [6.45, 7) is 1.50. The number of methoxy groups -OCH3 is 1. The Bertz CT molecular complexity index is 493. The molecule has 1 heterocycles. The minimum Gasteiger partial charge on any atom is -0.468 e. The number of hydrogen-bond donors (Lipinski definition) is 0. The summed E-state index contributed by atoms with van der Waals surface area (Å²) in [5, 5.41) is 9.11. The molecule has 0 saturated carbocycles. The third-order valence-corrected chi connectivity index (χ3v) is 3.60. The highest BCUT2D eigenvalue weighted by Gasteiger charge is 2.29. The standard InChI is InChI=1S/C15H18N2O2/c1-19-15(18)14-8-4-5-9-17(14)11-13-7-3-2-6-12(13)10-16/h2-3,6-7,14H,4-5,8-9,11H2,1H3. The van der Waals surface area contributed by atoms with E-state index >= 15 is 0 Å².